The van der Waals surface area contributed by atoms with Crippen molar-refractivity contribution in [1.29, 1.82) is 0 Å². The van der Waals surface area contributed by atoms with Crippen molar-refractivity contribution in [2.45, 2.75) is 12.2 Å². The second kappa shape index (κ2) is 1.91. The van der Waals surface area contributed by atoms with E-state index in [1.54, 1.807) is 0 Å². The Balaban J connectivity index is 1.66. The molecule has 6 rings (SSSR count). The zero-order valence-electron chi connectivity index (χ0n) is 8.96. The lowest BCUT2D eigenvalue weighted by molar-refractivity contribution is -0.252. The average molecular weight is 218 g/mol. The van der Waals surface area contributed by atoms with Gasteiger partial charge in [-0.15, -0.1) is 0 Å². The number of Topliss-reactive ketones (excluding diaryl/α,β-unsaturated/α-hetero) is 1. The molecule has 8 atom stereocenters. The predicted molar refractivity (Wildman–Crippen MR) is 52.2 cm³/mol. The van der Waals surface area contributed by atoms with Crippen LogP contribution in [0.1, 0.15) is 6.42 Å². The smallest absolute Gasteiger partial charge is 0.176 e. The van der Waals surface area contributed by atoms with Gasteiger partial charge in [-0.3, -0.25) is 4.79 Å². The van der Waals surface area contributed by atoms with Crippen LogP contribution >= 0.6 is 0 Å². The van der Waals surface area contributed by atoms with E-state index in [9.17, 15) is 4.79 Å². The van der Waals surface area contributed by atoms with Gasteiger partial charge in [0.2, 0.25) is 0 Å². The minimum Gasteiger partial charge on any atom is -0.347 e. The van der Waals surface area contributed by atoms with Crippen molar-refractivity contribution in [3.8, 4) is 0 Å². The third kappa shape index (κ3) is 0.458. The van der Waals surface area contributed by atoms with Crippen molar-refractivity contribution < 1.29 is 14.3 Å². The maximum Gasteiger partial charge on any atom is 0.176 e. The Morgan fingerprint density at radius 3 is 2.62 bits per heavy atom. The quantitative estimate of drug-likeness (QED) is 0.600. The molecule has 6 aliphatic rings. The fourth-order valence-electron chi connectivity index (χ4n) is 6.94. The molecule has 2 bridgehead atoms. The van der Waals surface area contributed by atoms with E-state index in [4.69, 9.17) is 9.47 Å². The number of hydrogen-bond acceptors (Lipinski definition) is 3. The summed E-state index contributed by atoms with van der Waals surface area (Å²) >= 11 is 0. The first-order chi connectivity index (χ1) is 7.84. The topological polar surface area (TPSA) is 35.5 Å². The number of ketones is 1. The highest BCUT2D eigenvalue weighted by atomic mass is 16.7. The second-order valence-corrected chi connectivity index (χ2v) is 6.64. The van der Waals surface area contributed by atoms with Crippen LogP contribution in [-0.4, -0.2) is 24.8 Å². The van der Waals surface area contributed by atoms with Gasteiger partial charge in [-0.2, -0.15) is 0 Å². The lowest BCUT2D eigenvalue weighted by Crippen LogP contribution is -2.58. The molecule has 0 radical (unpaired) electrons. The molecule has 6 fully saturated rings. The molecular formula is C13H14O3. The molecule has 0 aromatic heterocycles. The largest absolute Gasteiger partial charge is 0.347 e. The molecule has 3 heteroatoms. The van der Waals surface area contributed by atoms with Gasteiger partial charge in [-0.1, -0.05) is 0 Å². The van der Waals surface area contributed by atoms with Crippen LogP contribution < -0.4 is 0 Å². The standard InChI is InChI=1S/C13H14O3/c14-12-8-4-3-5-7-6(4)9(12)11(7)13(10(5)8)15-1-2-16-13/h4-11H,1-3H2/t4-,5+,6-,7?,8+,9-,10-,11+/m1/s1. The van der Waals surface area contributed by atoms with Gasteiger partial charge in [-0.25, -0.2) is 0 Å². The van der Waals surface area contributed by atoms with Crippen molar-refractivity contribution in [3.05, 3.63) is 0 Å². The van der Waals surface area contributed by atoms with Gasteiger partial charge in [0.25, 0.3) is 0 Å². The van der Waals surface area contributed by atoms with E-state index in [0.29, 0.717) is 29.5 Å². The van der Waals surface area contributed by atoms with Crippen molar-refractivity contribution in [2.75, 3.05) is 13.2 Å². The lowest BCUT2D eigenvalue weighted by Gasteiger charge is -2.49. The molecule has 0 aromatic carbocycles. The zero-order valence-corrected chi connectivity index (χ0v) is 8.96. The Hall–Kier alpha value is -0.410. The number of carbonyl (C=O) groups is 1. The Morgan fingerprint density at radius 2 is 1.81 bits per heavy atom. The van der Waals surface area contributed by atoms with Gasteiger partial charge in [0.15, 0.2) is 5.79 Å². The first kappa shape index (κ1) is 7.83. The molecule has 16 heavy (non-hydrogen) atoms. The summed E-state index contributed by atoms with van der Waals surface area (Å²) in [6, 6.07) is 0. The number of fused-ring (bicyclic) bond motifs is 4. The van der Waals surface area contributed by atoms with Crippen LogP contribution in [0.4, 0.5) is 0 Å². The van der Waals surface area contributed by atoms with Crippen molar-refractivity contribution in [3.63, 3.8) is 0 Å². The fraction of sp³-hybridized carbons (Fsp3) is 0.923. The van der Waals surface area contributed by atoms with E-state index in [1.807, 2.05) is 0 Å². The van der Waals surface area contributed by atoms with Crippen LogP contribution in [0.3, 0.4) is 0 Å². The Morgan fingerprint density at radius 1 is 1.00 bits per heavy atom. The summed E-state index contributed by atoms with van der Waals surface area (Å²) in [5, 5.41) is 0. The minimum absolute atomic E-state index is 0.291. The van der Waals surface area contributed by atoms with Crippen LogP contribution in [0.5, 0.6) is 0 Å². The molecule has 1 saturated heterocycles. The summed E-state index contributed by atoms with van der Waals surface area (Å²) in [7, 11) is 0. The normalized spacial score (nSPS) is 69.9. The lowest BCUT2D eigenvalue weighted by atomic mass is 9.58. The highest BCUT2D eigenvalue weighted by Gasteiger charge is 2.89. The highest BCUT2D eigenvalue weighted by Crippen LogP contribution is 2.85. The van der Waals surface area contributed by atoms with Gasteiger partial charge in [0.1, 0.15) is 5.78 Å². The summed E-state index contributed by atoms with van der Waals surface area (Å²) in [5.74, 6) is 4.88. The number of ether oxygens (including phenoxy) is 2. The summed E-state index contributed by atoms with van der Waals surface area (Å²) in [5.41, 5.74) is 0. The minimum atomic E-state index is -0.291. The van der Waals surface area contributed by atoms with Gasteiger partial charge in [0.05, 0.1) is 13.2 Å². The van der Waals surface area contributed by atoms with Gasteiger partial charge in [0, 0.05) is 23.7 Å². The SMILES string of the molecule is O=C1[C@@H]2[C@H]3C4[C@@H]5C[C@H]3[C@H]1[C@@H]5C1(OCCO1)[C@@H]42. The summed E-state index contributed by atoms with van der Waals surface area (Å²) in [4.78, 5) is 12.3. The van der Waals surface area contributed by atoms with E-state index in [1.165, 1.54) is 6.42 Å². The molecule has 5 aliphatic carbocycles. The van der Waals surface area contributed by atoms with E-state index >= 15 is 0 Å². The Kier molecular flexibility index (Phi) is 0.933. The predicted octanol–water partition coefficient (Wildman–Crippen LogP) is 0.686. The van der Waals surface area contributed by atoms with Gasteiger partial charge in [-0.05, 0) is 30.1 Å². The van der Waals surface area contributed by atoms with Crippen molar-refractivity contribution in [1.82, 2.24) is 0 Å². The van der Waals surface area contributed by atoms with E-state index in [2.05, 4.69) is 0 Å². The van der Waals surface area contributed by atoms with E-state index < -0.39 is 0 Å². The molecule has 1 heterocycles. The number of hydrogen-bond donors (Lipinski definition) is 0. The molecule has 0 aromatic rings. The monoisotopic (exact) mass is 218 g/mol. The first-order valence-electron chi connectivity index (χ1n) is 6.66. The summed E-state index contributed by atoms with van der Waals surface area (Å²) in [6.45, 7) is 1.49. The van der Waals surface area contributed by atoms with Crippen LogP contribution in [0.2, 0.25) is 0 Å². The van der Waals surface area contributed by atoms with E-state index in [-0.39, 0.29) is 5.79 Å². The maximum absolute atomic E-state index is 12.3. The molecule has 0 amide bonds. The molecule has 5 saturated carbocycles. The number of carbonyl (C=O) groups excluding carboxylic acids is 1. The first-order valence-corrected chi connectivity index (χ1v) is 6.66. The highest BCUT2D eigenvalue weighted by molar-refractivity contribution is 5.91. The zero-order chi connectivity index (χ0) is 10.2. The van der Waals surface area contributed by atoms with Crippen LogP contribution in [-0.2, 0) is 14.3 Å². The Bertz CT molecular complexity index is 438. The molecule has 84 valence electrons. The van der Waals surface area contributed by atoms with Gasteiger partial charge >= 0.3 is 0 Å². The molecule has 1 spiro atoms. The number of rotatable bonds is 0. The molecule has 0 N–H and O–H groups in total. The van der Waals surface area contributed by atoms with Crippen molar-refractivity contribution in [2.24, 2.45) is 47.3 Å². The molecule has 1 aliphatic heterocycles. The second-order valence-electron chi connectivity index (χ2n) is 6.64. The third-order valence-corrected chi connectivity index (χ3v) is 6.83. The third-order valence-electron chi connectivity index (χ3n) is 6.83. The fourth-order valence-corrected chi connectivity index (χ4v) is 6.94. The molecule has 1 unspecified atom stereocenters. The summed E-state index contributed by atoms with van der Waals surface area (Å²) < 4.78 is 12.1. The van der Waals surface area contributed by atoms with E-state index in [0.717, 1.165) is 36.9 Å². The van der Waals surface area contributed by atoms with Crippen LogP contribution in [0.25, 0.3) is 0 Å². The van der Waals surface area contributed by atoms with Gasteiger partial charge < -0.3 is 9.47 Å². The van der Waals surface area contributed by atoms with Crippen molar-refractivity contribution >= 4 is 5.78 Å². The molecular weight excluding hydrogens is 204 g/mol. The van der Waals surface area contributed by atoms with Crippen LogP contribution in [0.15, 0.2) is 0 Å². The average Bonchev–Trinajstić information content (AvgIpc) is 2.87. The van der Waals surface area contributed by atoms with Crippen LogP contribution in [0, 0.1) is 47.3 Å². The summed E-state index contributed by atoms with van der Waals surface area (Å²) in [6.07, 6.45) is 1.30. The Labute approximate surface area is 93.5 Å². The maximum atomic E-state index is 12.3. The molecule has 3 nitrogen and oxygen atoms in total.